The van der Waals surface area contributed by atoms with Crippen molar-refractivity contribution in [2.45, 2.75) is 50.0 Å². The van der Waals surface area contributed by atoms with Crippen LogP contribution in [0.1, 0.15) is 43.7 Å². The fraction of sp³-hybridized carbons (Fsp3) is 0.625. The highest BCUT2D eigenvalue weighted by molar-refractivity contribution is 5.40. The maximum absolute atomic E-state index is 11.1. The Morgan fingerprint density at radius 3 is 2.78 bits per heavy atom. The van der Waals surface area contributed by atoms with Crippen LogP contribution < -0.4 is 5.73 Å². The van der Waals surface area contributed by atoms with E-state index in [1.807, 2.05) is 6.92 Å². The van der Waals surface area contributed by atoms with Crippen LogP contribution in [0.15, 0.2) is 24.3 Å². The Morgan fingerprint density at radius 1 is 1.39 bits per heavy atom. The SMILES string of the molecule is CC(O)(C1CC1)C1(CN)CCCc2ccccc21. The summed E-state index contributed by atoms with van der Waals surface area (Å²) in [6.07, 6.45) is 5.58. The Hall–Kier alpha value is -0.860. The molecule has 0 amide bonds. The molecule has 2 heteroatoms. The van der Waals surface area contributed by atoms with Gasteiger partial charge in [0.25, 0.3) is 0 Å². The van der Waals surface area contributed by atoms with E-state index in [4.69, 9.17) is 5.73 Å². The minimum absolute atomic E-state index is 0.233. The molecule has 0 spiro atoms. The van der Waals surface area contributed by atoms with Crippen LogP contribution in [0.5, 0.6) is 0 Å². The van der Waals surface area contributed by atoms with E-state index in [1.165, 1.54) is 11.1 Å². The van der Waals surface area contributed by atoms with Gasteiger partial charge in [-0.05, 0) is 56.1 Å². The van der Waals surface area contributed by atoms with E-state index in [1.54, 1.807) is 0 Å². The van der Waals surface area contributed by atoms with Crippen LogP contribution in [0.4, 0.5) is 0 Å². The van der Waals surface area contributed by atoms with Crippen LogP contribution >= 0.6 is 0 Å². The summed E-state index contributed by atoms with van der Waals surface area (Å²) in [5.41, 5.74) is 7.94. The number of fused-ring (bicyclic) bond motifs is 1. The van der Waals surface area contributed by atoms with Crippen molar-refractivity contribution in [2.75, 3.05) is 6.54 Å². The van der Waals surface area contributed by atoms with Gasteiger partial charge in [-0.15, -0.1) is 0 Å². The molecule has 98 valence electrons. The molecule has 0 radical (unpaired) electrons. The molecule has 2 aliphatic carbocycles. The third-order valence-electron chi connectivity index (χ3n) is 5.27. The number of benzene rings is 1. The van der Waals surface area contributed by atoms with Crippen molar-refractivity contribution in [3.63, 3.8) is 0 Å². The largest absolute Gasteiger partial charge is 0.389 e. The summed E-state index contributed by atoms with van der Waals surface area (Å²) in [6, 6.07) is 8.55. The lowest BCUT2D eigenvalue weighted by Gasteiger charge is -2.49. The first-order chi connectivity index (χ1) is 8.62. The van der Waals surface area contributed by atoms with Crippen LogP contribution in [0.25, 0.3) is 0 Å². The summed E-state index contributed by atoms with van der Waals surface area (Å²) in [7, 11) is 0. The molecule has 0 heterocycles. The molecular formula is C16H23NO. The zero-order chi connectivity index (χ0) is 12.8. The maximum Gasteiger partial charge on any atom is 0.0756 e. The van der Waals surface area contributed by atoms with E-state index in [9.17, 15) is 5.11 Å². The monoisotopic (exact) mass is 245 g/mol. The van der Waals surface area contributed by atoms with Gasteiger partial charge in [-0.2, -0.15) is 0 Å². The average Bonchev–Trinajstić information content (AvgIpc) is 3.22. The molecule has 3 N–H and O–H groups in total. The number of aryl methyl sites for hydroxylation is 1. The quantitative estimate of drug-likeness (QED) is 0.859. The number of rotatable bonds is 3. The molecule has 0 aliphatic heterocycles. The van der Waals surface area contributed by atoms with Crippen molar-refractivity contribution >= 4 is 0 Å². The molecule has 1 saturated carbocycles. The standard InChI is InChI=1S/C16H23NO/c1-15(18,13-8-9-13)16(11-17)10-4-6-12-5-2-3-7-14(12)16/h2-3,5,7,13,18H,4,6,8-11,17H2,1H3. The first-order valence-corrected chi connectivity index (χ1v) is 7.13. The second-order valence-electron chi connectivity index (χ2n) is 6.22. The normalized spacial score (nSPS) is 30.6. The number of aliphatic hydroxyl groups is 1. The summed E-state index contributed by atoms with van der Waals surface area (Å²) in [5, 5.41) is 11.1. The number of hydrogen-bond acceptors (Lipinski definition) is 2. The Balaban J connectivity index is 2.12. The van der Waals surface area contributed by atoms with Gasteiger partial charge in [-0.25, -0.2) is 0 Å². The summed E-state index contributed by atoms with van der Waals surface area (Å²) in [6.45, 7) is 2.56. The van der Waals surface area contributed by atoms with Gasteiger partial charge < -0.3 is 10.8 Å². The maximum atomic E-state index is 11.1. The molecule has 1 fully saturated rings. The Kier molecular flexibility index (Phi) is 2.76. The van der Waals surface area contributed by atoms with Crippen LogP contribution in [-0.2, 0) is 11.8 Å². The van der Waals surface area contributed by atoms with Crippen molar-refractivity contribution in [1.29, 1.82) is 0 Å². The predicted octanol–water partition coefficient (Wildman–Crippen LogP) is 2.38. The van der Waals surface area contributed by atoms with Crippen molar-refractivity contribution in [3.8, 4) is 0 Å². The zero-order valence-electron chi connectivity index (χ0n) is 11.2. The molecule has 1 aromatic carbocycles. The number of hydrogen-bond donors (Lipinski definition) is 2. The molecular weight excluding hydrogens is 222 g/mol. The summed E-state index contributed by atoms with van der Waals surface area (Å²) in [5.74, 6) is 0.437. The zero-order valence-corrected chi connectivity index (χ0v) is 11.2. The van der Waals surface area contributed by atoms with Crippen molar-refractivity contribution < 1.29 is 5.11 Å². The van der Waals surface area contributed by atoms with Crippen LogP contribution in [-0.4, -0.2) is 17.3 Å². The molecule has 2 nitrogen and oxygen atoms in total. The van der Waals surface area contributed by atoms with E-state index in [2.05, 4.69) is 24.3 Å². The highest BCUT2D eigenvalue weighted by Gasteiger charge is 2.56. The van der Waals surface area contributed by atoms with Gasteiger partial charge >= 0.3 is 0 Å². The van der Waals surface area contributed by atoms with Gasteiger partial charge in [0.1, 0.15) is 0 Å². The van der Waals surface area contributed by atoms with E-state index in [0.29, 0.717) is 12.5 Å². The van der Waals surface area contributed by atoms with Gasteiger partial charge in [-0.1, -0.05) is 24.3 Å². The van der Waals surface area contributed by atoms with Crippen LogP contribution in [0, 0.1) is 5.92 Å². The average molecular weight is 245 g/mol. The van der Waals surface area contributed by atoms with Crippen molar-refractivity contribution in [1.82, 2.24) is 0 Å². The molecule has 3 rings (SSSR count). The topological polar surface area (TPSA) is 46.2 Å². The lowest BCUT2D eigenvalue weighted by atomic mass is 9.59. The van der Waals surface area contributed by atoms with Gasteiger partial charge in [0, 0.05) is 12.0 Å². The Morgan fingerprint density at radius 2 is 2.11 bits per heavy atom. The molecule has 1 aromatic rings. The molecule has 2 atom stereocenters. The number of nitrogens with two attached hydrogens (primary N) is 1. The Labute approximate surface area is 109 Å². The lowest BCUT2D eigenvalue weighted by molar-refractivity contribution is -0.0480. The highest BCUT2D eigenvalue weighted by Crippen LogP contribution is 2.53. The molecule has 0 bridgehead atoms. The fourth-order valence-electron chi connectivity index (χ4n) is 3.90. The first-order valence-electron chi connectivity index (χ1n) is 7.13. The second kappa shape index (κ2) is 4.07. The summed E-state index contributed by atoms with van der Waals surface area (Å²) >= 11 is 0. The third-order valence-corrected chi connectivity index (χ3v) is 5.27. The van der Waals surface area contributed by atoms with Crippen LogP contribution in [0.3, 0.4) is 0 Å². The van der Waals surface area contributed by atoms with E-state index < -0.39 is 5.60 Å². The lowest BCUT2D eigenvalue weighted by Crippen LogP contribution is -2.57. The fourth-order valence-corrected chi connectivity index (χ4v) is 3.90. The van der Waals surface area contributed by atoms with Gasteiger partial charge in [0.15, 0.2) is 0 Å². The molecule has 0 saturated heterocycles. The first kappa shape index (κ1) is 12.2. The Bertz CT molecular complexity index is 450. The van der Waals surface area contributed by atoms with E-state index in [0.717, 1.165) is 32.1 Å². The van der Waals surface area contributed by atoms with Gasteiger partial charge in [0.2, 0.25) is 0 Å². The van der Waals surface area contributed by atoms with E-state index >= 15 is 0 Å². The molecule has 2 aliphatic rings. The van der Waals surface area contributed by atoms with Crippen molar-refractivity contribution in [2.24, 2.45) is 11.7 Å². The van der Waals surface area contributed by atoms with Gasteiger partial charge in [0.05, 0.1) is 5.60 Å². The summed E-state index contributed by atoms with van der Waals surface area (Å²) in [4.78, 5) is 0. The molecule has 18 heavy (non-hydrogen) atoms. The minimum atomic E-state index is -0.654. The summed E-state index contributed by atoms with van der Waals surface area (Å²) < 4.78 is 0. The van der Waals surface area contributed by atoms with Gasteiger partial charge in [-0.3, -0.25) is 0 Å². The smallest absolute Gasteiger partial charge is 0.0756 e. The third kappa shape index (κ3) is 1.55. The molecule has 0 aromatic heterocycles. The highest BCUT2D eigenvalue weighted by atomic mass is 16.3. The van der Waals surface area contributed by atoms with Crippen LogP contribution in [0.2, 0.25) is 0 Å². The van der Waals surface area contributed by atoms with Crippen molar-refractivity contribution in [3.05, 3.63) is 35.4 Å². The minimum Gasteiger partial charge on any atom is -0.389 e. The molecule has 2 unspecified atom stereocenters. The van der Waals surface area contributed by atoms with E-state index in [-0.39, 0.29) is 5.41 Å². The second-order valence-corrected chi connectivity index (χ2v) is 6.22. The predicted molar refractivity (Wildman–Crippen MR) is 73.5 cm³/mol.